The van der Waals surface area contributed by atoms with Crippen LogP contribution in [-0.4, -0.2) is 48.0 Å². The Bertz CT molecular complexity index is 930. The molecule has 1 fully saturated rings. The molecule has 0 aliphatic carbocycles. The maximum absolute atomic E-state index is 12.3. The molecule has 146 valence electrons. The van der Waals surface area contributed by atoms with Crippen LogP contribution in [-0.2, 0) is 4.79 Å². The summed E-state index contributed by atoms with van der Waals surface area (Å²) in [6.45, 7) is 2.55. The topological polar surface area (TPSA) is 96.6 Å². The number of rotatable bonds is 7. The molecule has 2 aromatic rings. The molecule has 2 unspecified atom stereocenters. The third-order valence-electron chi connectivity index (χ3n) is 5.21. The first kappa shape index (κ1) is 19.9. The van der Waals surface area contributed by atoms with E-state index < -0.39 is 18.6 Å². The molecule has 3 rings (SSSR count). The van der Waals surface area contributed by atoms with Gasteiger partial charge in [0, 0.05) is 24.5 Å². The van der Waals surface area contributed by atoms with E-state index in [1.54, 1.807) is 6.08 Å². The van der Waals surface area contributed by atoms with Crippen LogP contribution in [0.3, 0.4) is 0 Å². The third-order valence-corrected chi connectivity index (χ3v) is 5.21. The highest BCUT2D eigenvalue weighted by Gasteiger charge is 2.29. The molecule has 1 aliphatic heterocycles. The van der Waals surface area contributed by atoms with Gasteiger partial charge < -0.3 is 20.4 Å². The monoisotopic (exact) mass is 379 g/mol. The van der Waals surface area contributed by atoms with E-state index in [2.05, 4.69) is 29.3 Å². The Morgan fingerprint density at radius 2 is 2.18 bits per heavy atom. The summed E-state index contributed by atoms with van der Waals surface area (Å²) in [5.74, 6) is -0.565. The second-order valence-electron chi connectivity index (χ2n) is 6.98. The molecular formula is C22H25N3O3. The van der Waals surface area contributed by atoms with Gasteiger partial charge in [-0.05, 0) is 29.9 Å². The number of nitrogens with zero attached hydrogens (tertiary/aromatic N) is 2. The smallest absolute Gasteiger partial charge is 0.262 e. The van der Waals surface area contributed by atoms with E-state index in [0.29, 0.717) is 6.04 Å². The number of carbonyl (C=O) groups is 1. The van der Waals surface area contributed by atoms with Crippen molar-refractivity contribution in [2.75, 3.05) is 24.6 Å². The maximum Gasteiger partial charge on any atom is 0.262 e. The summed E-state index contributed by atoms with van der Waals surface area (Å²) in [5.41, 5.74) is 1.84. The molecule has 6 heteroatoms. The van der Waals surface area contributed by atoms with Crippen LogP contribution < -0.4 is 10.2 Å². The molecule has 28 heavy (non-hydrogen) atoms. The Morgan fingerprint density at radius 3 is 2.82 bits per heavy atom. The Balaban J connectivity index is 2.00. The Morgan fingerprint density at radius 1 is 1.39 bits per heavy atom. The standard InChI is InChI=1S/C22H25N3O3/c1-2-18-9-10-25(18)21-16(8-7-15-5-3-4-6-20(15)21)11-17(12-23)22(28)24-13-19(27)14-26/h3-8,11,18-19,26-27H,2,9-10,13-14H2,1H3,(H,24,28)/b17-11+. The number of fused-ring (bicyclic) bond motifs is 1. The Hall–Kier alpha value is -2.88. The molecule has 2 aromatic carbocycles. The molecule has 0 saturated carbocycles. The molecule has 6 nitrogen and oxygen atoms in total. The SMILES string of the molecule is CCC1CCN1c1c(/C=C(\C#N)C(=O)NCC(O)CO)ccc2ccccc12. The zero-order chi connectivity index (χ0) is 20.1. The fourth-order valence-electron chi connectivity index (χ4n) is 3.54. The lowest BCUT2D eigenvalue weighted by Gasteiger charge is -2.44. The quantitative estimate of drug-likeness (QED) is 0.506. The van der Waals surface area contributed by atoms with Crippen molar-refractivity contribution in [1.29, 1.82) is 5.26 Å². The summed E-state index contributed by atoms with van der Waals surface area (Å²) in [6, 6.07) is 14.5. The molecule has 1 aliphatic rings. The molecule has 0 spiro atoms. The van der Waals surface area contributed by atoms with Gasteiger partial charge in [-0.2, -0.15) is 5.26 Å². The lowest BCUT2D eigenvalue weighted by molar-refractivity contribution is -0.117. The van der Waals surface area contributed by atoms with Crippen molar-refractivity contribution in [3.63, 3.8) is 0 Å². The third kappa shape index (κ3) is 4.01. The lowest BCUT2D eigenvalue weighted by Crippen LogP contribution is -2.47. The first-order valence-electron chi connectivity index (χ1n) is 9.56. The van der Waals surface area contributed by atoms with E-state index in [9.17, 15) is 15.2 Å². The van der Waals surface area contributed by atoms with Crippen LogP contribution in [0.25, 0.3) is 16.8 Å². The molecule has 2 atom stereocenters. The largest absolute Gasteiger partial charge is 0.394 e. The molecule has 3 N–H and O–H groups in total. The van der Waals surface area contributed by atoms with Crippen LogP contribution in [0.4, 0.5) is 5.69 Å². The van der Waals surface area contributed by atoms with Gasteiger partial charge >= 0.3 is 0 Å². The number of hydrogen-bond acceptors (Lipinski definition) is 5. The van der Waals surface area contributed by atoms with E-state index in [4.69, 9.17) is 5.11 Å². The molecule has 0 radical (unpaired) electrons. The van der Waals surface area contributed by atoms with Crippen molar-refractivity contribution < 1.29 is 15.0 Å². The molecule has 0 bridgehead atoms. The summed E-state index contributed by atoms with van der Waals surface area (Å²) in [6.07, 6.45) is 2.73. The fraction of sp³-hybridized carbons (Fsp3) is 0.364. The van der Waals surface area contributed by atoms with Crippen molar-refractivity contribution in [1.82, 2.24) is 5.32 Å². The fourth-order valence-corrected chi connectivity index (χ4v) is 3.54. The summed E-state index contributed by atoms with van der Waals surface area (Å²) in [4.78, 5) is 14.7. The van der Waals surface area contributed by atoms with E-state index in [1.807, 2.05) is 30.3 Å². The van der Waals surface area contributed by atoms with Crippen molar-refractivity contribution in [2.24, 2.45) is 0 Å². The highest BCUT2D eigenvalue weighted by atomic mass is 16.3. The number of nitriles is 1. The molecule has 1 heterocycles. The minimum absolute atomic E-state index is 0.0322. The van der Waals surface area contributed by atoms with Gasteiger partial charge in [-0.3, -0.25) is 4.79 Å². The number of anilines is 1. The number of aliphatic hydroxyl groups excluding tert-OH is 2. The second-order valence-corrected chi connectivity index (χ2v) is 6.98. The van der Waals surface area contributed by atoms with Crippen LogP contribution in [0, 0.1) is 11.3 Å². The average Bonchev–Trinajstić information content (AvgIpc) is 2.70. The van der Waals surface area contributed by atoms with Gasteiger partial charge in [-0.15, -0.1) is 0 Å². The van der Waals surface area contributed by atoms with Gasteiger partial charge in [-0.25, -0.2) is 0 Å². The van der Waals surface area contributed by atoms with E-state index in [1.165, 1.54) is 0 Å². The number of aliphatic hydroxyl groups is 2. The van der Waals surface area contributed by atoms with Crippen molar-refractivity contribution >= 4 is 28.4 Å². The normalized spacial score (nSPS) is 17.7. The number of carbonyl (C=O) groups excluding carboxylic acids is 1. The van der Waals surface area contributed by atoms with Crippen LogP contribution in [0.15, 0.2) is 42.0 Å². The number of benzene rings is 2. The van der Waals surface area contributed by atoms with E-state index in [0.717, 1.165) is 41.4 Å². The molecule has 0 aromatic heterocycles. The first-order valence-corrected chi connectivity index (χ1v) is 9.56. The summed E-state index contributed by atoms with van der Waals surface area (Å²) in [7, 11) is 0. The number of amides is 1. The van der Waals surface area contributed by atoms with Gasteiger partial charge in [0.1, 0.15) is 11.6 Å². The first-order chi connectivity index (χ1) is 13.6. The van der Waals surface area contributed by atoms with Gasteiger partial charge in [0.15, 0.2) is 0 Å². The van der Waals surface area contributed by atoms with Crippen molar-refractivity contribution in [3.8, 4) is 6.07 Å². The van der Waals surface area contributed by atoms with Gasteiger partial charge in [-0.1, -0.05) is 43.3 Å². The predicted molar refractivity (Wildman–Crippen MR) is 110 cm³/mol. The predicted octanol–water partition coefficient (Wildman–Crippen LogP) is 2.20. The molecule has 1 saturated heterocycles. The lowest BCUT2D eigenvalue weighted by atomic mass is 9.94. The van der Waals surface area contributed by atoms with Crippen LogP contribution in [0.2, 0.25) is 0 Å². The van der Waals surface area contributed by atoms with Gasteiger partial charge in [0.25, 0.3) is 5.91 Å². The van der Waals surface area contributed by atoms with Crippen molar-refractivity contribution in [3.05, 3.63) is 47.5 Å². The van der Waals surface area contributed by atoms with Crippen LogP contribution in [0.5, 0.6) is 0 Å². The highest BCUT2D eigenvalue weighted by molar-refractivity contribution is 6.05. The molecule has 1 amide bonds. The molecular weight excluding hydrogens is 354 g/mol. The minimum Gasteiger partial charge on any atom is -0.394 e. The van der Waals surface area contributed by atoms with Gasteiger partial charge in [0.05, 0.1) is 18.4 Å². The summed E-state index contributed by atoms with van der Waals surface area (Å²) in [5, 5.41) is 32.5. The highest BCUT2D eigenvalue weighted by Crippen LogP contribution is 2.38. The maximum atomic E-state index is 12.3. The minimum atomic E-state index is -1.05. The zero-order valence-electron chi connectivity index (χ0n) is 15.9. The Kier molecular flexibility index (Phi) is 6.30. The summed E-state index contributed by atoms with van der Waals surface area (Å²) >= 11 is 0. The second kappa shape index (κ2) is 8.87. The van der Waals surface area contributed by atoms with E-state index in [-0.39, 0.29) is 12.1 Å². The van der Waals surface area contributed by atoms with Crippen LogP contribution in [0.1, 0.15) is 25.3 Å². The van der Waals surface area contributed by atoms with Crippen LogP contribution >= 0.6 is 0 Å². The zero-order valence-corrected chi connectivity index (χ0v) is 15.9. The number of nitrogens with one attached hydrogen (secondary N) is 1. The number of hydrogen-bond donors (Lipinski definition) is 3. The summed E-state index contributed by atoms with van der Waals surface area (Å²) < 4.78 is 0. The van der Waals surface area contributed by atoms with E-state index >= 15 is 0 Å². The Labute approximate surface area is 164 Å². The van der Waals surface area contributed by atoms with Gasteiger partial charge in [0.2, 0.25) is 0 Å². The average molecular weight is 379 g/mol. The van der Waals surface area contributed by atoms with Crippen molar-refractivity contribution in [2.45, 2.75) is 31.9 Å².